The molecule has 8 heavy (non-hydrogen) atoms. The van der Waals surface area contributed by atoms with Gasteiger partial charge in [0.1, 0.15) is 0 Å². The molecule has 0 saturated carbocycles. The van der Waals surface area contributed by atoms with Crippen molar-refractivity contribution in [1.29, 1.82) is 0 Å². The van der Waals surface area contributed by atoms with Gasteiger partial charge in [-0.05, 0) is 19.6 Å². The van der Waals surface area contributed by atoms with Gasteiger partial charge in [0.2, 0.25) is 0 Å². The molecule has 0 aliphatic carbocycles. The van der Waals surface area contributed by atoms with Crippen LogP contribution in [0.3, 0.4) is 0 Å². The summed E-state index contributed by atoms with van der Waals surface area (Å²) < 4.78 is 0. The van der Waals surface area contributed by atoms with E-state index in [0.717, 1.165) is 0 Å². The molecule has 1 nitrogen and oxygen atoms in total. The molecule has 0 aromatic rings. The third kappa shape index (κ3) is 4.63. The Kier molecular flexibility index (Phi) is 10.6. The van der Waals surface area contributed by atoms with Crippen molar-refractivity contribution in [2.24, 2.45) is 0 Å². The number of hydrogen-bond acceptors (Lipinski definition) is 1. The van der Waals surface area contributed by atoms with Gasteiger partial charge in [0.15, 0.2) is 0 Å². The van der Waals surface area contributed by atoms with Crippen molar-refractivity contribution >= 4 is 0 Å². The summed E-state index contributed by atoms with van der Waals surface area (Å²) in [5.41, 5.74) is 0. The zero-order valence-electron chi connectivity index (χ0n) is 5.87. The summed E-state index contributed by atoms with van der Waals surface area (Å²) in [5.74, 6) is 0. The minimum absolute atomic E-state index is 0. The Morgan fingerprint density at radius 2 is 1.12 bits per heavy atom. The number of hydrogen-bond donors (Lipinski definition) is 0. The van der Waals surface area contributed by atoms with Crippen molar-refractivity contribution in [3.63, 3.8) is 0 Å². The third-order valence-corrected chi connectivity index (χ3v) is 1.34. The molecule has 0 bridgehead atoms. The molecule has 0 rings (SSSR count). The van der Waals surface area contributed by atoms with Crippen LogP contribution >= 0.6 is 0 Å². The fourth-order valence-electron chi connectivity index (χ4n) is 0.671. The summed E-state index contributed by atoms with van der Waals surface area (Å²) >= 11 is 0. The Hall–Kier alpha value is 0.479. The molecule has 0 aromatic carbocycles. The molecule has 0 heterocycles. The standard InChI is InChI=1S/C6H15N.Cu/c1-4-7(5-2)6-3;/h4-6H2,1-3H3;. The van der Waals surface area contributed by atoms with Crippen molar-refractivity contribution in [3.8, 4) is 0 Å². The van der Waals surface area contributed by atoms with Crippen LogP contribution in [0.25, 0.3) is 0 Å². The molecule has 0 N–H and O–H groups in total. The first kappa shape index (κ1) is 11.3. The summed E-state index contributed by atoms with van der Waals surface area (Å²) in [7, 11) is 0. The van der Waals surface area contributed by atoms with E-state index < -0.39 is 0 Å². The smallest absolute Gasteiger partial charge is 0 e. The second kappa shape index (κ2) is 7.48. The fourth-order valence-corrected chi connectivity index (χ4v) is 0.671. The van der Waals surface area contributed by atoms with Crippen LogP contribution in [0.5, 0.6) is 0 Å². The van der Waals surface area contributed by atoms with Crippen molar-refractivity contribution < 1.29 is 17.1 Å². The Morgan fingerprint density at radius 3 is 1.12 bits per heavy atom. The van der Waals surface area contributed by atoms with Gasteiger partial charge in [-0.1, -0.05) is 20.8 Å². The topological polar surface area (TPSA) is 3.24 Å². The molecule has 0 atom stereocenters. The largest absolute Gasteiger partial charge is 0.304 e. The predicted octanol–water partition coefficient (Wildman–Crippen LogP) is 1.35. The molecule has 0 unspecified atom stereocenters. The zero-order valence-corrected chi connectivity index (χ0v) is 6.81. The average molecular weight is 165 g/mol. The van der Waals surface area contributed by atoms with Crippen LogP contribution in [0, 0.1) is 0 Å². The van der Waals surface area contributed by atoms with Crippen molar-refractivity contribution in [2.75, 3.05) is 19.6 Å². The predicted molar refractivity (Wildman–Crippen MR) is 33.5 cm³/mol. The summed E-state index contributed by atoms with van der Waals surface area (Å²) in [5, 5.41) is 0. The molecule has 0 aromatic heterocycles. The van der Waals surface area contributed by atoms with Crippen molar-refractivity contribution in [1.82, 2.24) is 4.90 Å². The van der Waals surface area contributed by atoms with Gasteiger partial charge >= 0.3 is 0 Å². The normalized spacial score (nSPS) is 9.00. The van der Waals surface area contributed by atoms with Crippen LogP contribution in [-0.4, -0.2) is 24.5 Å². The minimum Gasteiger partial charge on any atom is -0.304 e. The van der Waals surface area contributed by atoms with Gasteiger partial charge in [0.25, 0.3) is 0 Å². The zero-order chi connectivity index (χ0) is 5.70. The minimum atomic E-state index is 0. The SMILES string of the molecule is CCN(CC)CC.[Cu]. The van der Waals surface area contributed by atoms with E-state index in [1.807, 2.05) is 0 Å². The van der Waals surface area contributed by atoms with E-state index in [0.29, 0.717) is 0 Å². The summed E-state index contributed by atoms with van der Waals surface area (Å²) in [6.45, 7) is 10.1. The molecule has 0 aliphatic heterocycles. The molecule has 0 saturated heterocycles. The van der Waals surface area contributed by atoms with Gasteiger partial charge in [-0.2, -0.15) is 0 Å². The summed E-state index contributed by atoms with van der Waals surface area (Å²) in [4.78, 5) is 2.38. The quantitative estimate of drug-likeness (QED) is 0.570. The van der Waals surface area contributed by atoms with Gasteiger partial charge < -0.3 is 4.90 Å². The van der Waals surface area contributed by atoms with Gasteiger partial charge in [-0.3, -0.25) is 0 Å². The van der Waals surface area contributed by atoms with Crippen LogP contribution in [-0.2, 0) is 17.1 Å². The van der Waals surface area contributed by atoms with Crippen LogP contribution in [0.15, 0.2) is 0 Å². The maximum Gasteiger partial charge on any atom is 0 e. The molecule has 1 radical (unpaired) electrons. The third-order valence-electron chi connectivity index (χ3n) is 1.34. The first-order valence-corrected chi connectivity index (χ1v) is 3.07. The van der Waals surface area contributed by atoms with Crippen LogP contribution in [0.4, 0.5) is 0 Å². The molecule has 55 valence electrons. The molecule has 0 aliphatic rings. The van der Waals surface area contributed by atoms with Crippen LogP contribution < -0.4 is 0 Å². The second-order valence-electron chi connectivity index (χ2n) is 1.62. The van der Waals surface area contributed by atoms with Gasteiger partial charge in [-0.15, -0.1) is 0 Å². The van der Waals surface area contributed by atoms with E-state index in [1.165, 1.54) is 19.6 Å². The van der Waals surface area contributed by atoms with E-state index >= 15 is 0 Å². The Morgan fingerprint density at radius 1 is 0.875 bits per heavy atom. The molecular weight excluding hydrogens is 150 g/mol. The maximum absolute atomic E-state index is 2.38. The average Bonchev–Trinajstić information content (AvgIpc) is 1.72. The monoisotopic (exact) mass is 164 g/mol. The van der Waals surface area contributed by atoms with Gasteiger partial charge in [0, 0.05) is 17.1 Å². The van der Waals surface area contributed by atoms with Crippen LogP contribution in [0.1, 0.15) is 20.8 Å². The van der Waals surface area contributed by atoms with E-state index in [4.69, 9.17) is 0 Å². The van der Waals surface area contributed by atoms with Crippen molar-refractivity contribution in [2.45, 2.75) is 20.8 Å². The summed E-state index contributed by atoms with van der Waals surface area (Å²) in [6, 6.07) is 0. The number of rotatable bonds is 3. The van der Waals surface area contributed by atoms with E-state index in [-0.39, 0.29) is 17.1 Å². The molecular formula is C6H15CuN. The van der Waals surface area contributed by atoms with Crippen molar-refractivity contribution in [3.05, 3.63) is 0 Å². The van der Waals surface area contributed by atoms with E-state index in [9.17, 15) is 0 Å². The Balaban J connectivity index is 0. The van der Waals surface area contributed by atoms with Crippen LogP contribution in [0.2, 0.25) is 0 Å². The second-order valence-corrected chi connectivity index (χ2v) is 1.62. The fraction of sp³-hybridized carbons (Fsp3) is 1.00. The maximum atomic E-state index is 2.38. The molecule has 2 heteroatoms. The Labute approximate surface area is 62.9 Å². The Bertz CT molecular complexity index is 30.0. The van der Waals surface area contributed by atoms with E-state index in [1.54, 1.807) is 0 Å². The molecule has 0 fully saturated rings. The molecule has 0 spiro atoms. The first-order chi connectivity index (χ1) is 3.35. The summed E-state index contributed by atoms with van der Waals surface area (Å²) in [6.07, 6.45) is 0. The molecule has 0 amide bonds. The number of nitrogens with zero attached hydrogens (tertiary/aromatic N) is 1. The van der Waals surface area contributed by atoms with Gasteiger partial charge in [-0.25, -0.2) is 0 Å². The van der Waals surface area contributed by atoms with Gasteiger partial charge in [0.05, 0.1) is 0 Å². The first-order valence-electron chi connectivity index (χ1n) is 3.07. The van der Waals surface area contributed by atoms with E-state index in [2.05, 4.69) is 25.7 Å².